The Morgan fingerprint density at radius 2 is 1.71 bits per heavy atom. The molecule has 168 valence electrons. The van der Waals surface area contributed by atoms with Crippen LogP contribution in [0.25, 0.3) is 10.8 Å². The van der Waals surface area contributed by atoms with Crippen molar-refractivity contribution in [2.75, 3.05) is 32.7 Å². The third kappa shape index (κ3) is 6.92. The van der Waals surface area contributed by atoms with Crippen LogP contribution in [0.4, 0.5) is 0 Å². The zero-order valence-electron chi connectivity index (χ0n) is 18.6. The second-order valence-corrected chi connectivity index (χ2v) is 8.85. The summed E-state index contributed by atoms with van der Waals surface area (Å²) in [5, 5.41) is 7.09. The lowest BCUT2D eigenvalue weighted by atomic mass is 9.92. The molecule has 0 bridgehead atoms. The Morgan fingerprint density at radius 3 is 2.48 bits per heavy atom. The molecule has 7 nitrogen and oxygen atoms in total. The lowest BCUT2D eigenvalue weighted by Crippen LogP contribution is -2.40. The van der Waals surface area contributed by atoms with Crippen molar-refractivity contribution < 1.29 is 9.59 Å². The molecule has 31 heavy (non-hydrogen) atoms. The molecule has 7 heteroatoms. The van der Waals surface area contributed by atoms with Crippen molar-refractivity contribution in [1.29, 1.82) is 0 Å². The van der Waals surface area contributed by atoms with Crippen LogP contribution in [-0.2, 0) is 16.1 Å². The summed E-state index contributed by atoms with van der Waals surface area (Å²) in [7, 11) is 0. The zero-order chi connectivity index (χ0) is 22.2. The maximum Gasteiger partial charge on any atom is 0.258 e. The van der Waals surface area contributed by atoms with Crippen LogP contribution in [0.5, 0.6) is 0 Å². The summed E-state index contributed by atoms with van der Waals surface area (Å²) in [6, 6.07) is 9.12. The lowest BCUT2D eigenvalue weighted by Gasteiger charge is -2.34. The Bertz CT molecular complexity index is 945. The molecule has 0 radical (unpaired) electrons. The fraction of sp³-hybridized carbons (Fsp3) is 0.542. The van der Waals surface area contributed by atoms with Crippen LogP contribution >= 0.6 is 0 Å². The number of aromatic nitrogens is 1. The number of pyridine rings is 1. The quantitative estimate of drug-likeness (QED) is 0.601. The second kappa shape index (κ2) is 11.1. The van der Waals surface area contributed by atoms with Crippen molar-refractivity contribution in [3.8, 4) is 0 Å². The molecule has 1 aliphatic rings. The molecular weight excluding hydrogens is 392 g/mol. The number of carbonyl (C=O) groups excluding carboxylic acids is 2. The topological polar surface area (TPSA) is 83.4 Å². The SMILES string of the molecule is C[C@@H]1C[C@H](C)CN(CCCNC(=O)CCNC(=O)Cn2ccc3ccccc3c2=O)C1. The smallest absolute Gasteiger partial charge is 0.258 e. The summed E-state index contributed by atoms with van der Waals surface area (Å²) >= 11 is 0. The average Bonchev–Trinajstić information content (AvgIpc) is 2.73. The summed E-state index contributed by atoms with van der Waals surface area (Å²) in [4.78, 5) is 39.1. The van der Waals surface area contributed by atoms with Crippen molar-refractivity contribution in [3.63, 3.8) is 0 Å². The molecule has 3 rings (SSSR count). The van der Waals surface area contributed by atoms with Crippen LogP contribution in [0.1, 0.15) is 33.1 Å². The number of fused-ring (bicyclic) bond motifs is 1. The van der Waals surface area contributed by atoms with Gasteiger partial charge in [-0.25, -0.2) is 0 Å². The van der Waals surface area contributed by atoms with E-state index in [9.17, 15) is 14.4 Å². The van der Waals surface area contributed by atoms with Gasteiger partial charge in [0, 0.05) is 44.2 Å². The van der Waals surface area contributed by atoms with Gasteiger partial charge in [0.1, 0.15) is 6.54 Å². The number of benzene rings is 1. The molecular formula is C24H34N4O3. The van der Waals surface area contributed by atoms with E-state index in [-0.39, 0.29) is 36.9 Å². The molecule has 0 spiro atoms. The zero-order valence-corrected chi connectivity index (χ0v) is 18.6. The van der Waals surface area contributed by atoms with Crippen molar-refractivity contribution in [1.82, 2.24) is 20.1 Å². The predicted octanol–water partition coefficient (Wildman–Crippen LogP) is 1.99. The largest absolute Gasteiger partial charge is 0.356 e. The van der Waals surface area contributed by atoms with Crippen molar-refractivity contribution >= 4 is 22.6 Å². The van der Waals surface area contributed by atoms with Crippen LogP contribution in [0.3, 0.4) is 0 Å². The van der Waals surface area contributed by atoms with E-state index in [1.807, 2.05) is 18.2 Å². The third-order valence-corrected chi connectivity index (χ3v) is 5.79. The van der Waals surface area contributed by atoms with E-state index in [1.54, 1.807) is 18.3 Å². The summed E-state index contributed by atoms with van der Waals surface area (Å²) in [6.07, 6.45) is 4.09. The van der Waals surface area contributed by atoms with Gasteiger partial charge in [-0.2, -0.15) is 0 Å². The van der Waals surface area contributed by atoms with Gasteiger partial charge in [-0.3, -0.25) is 14.4 Å². The molecule has 1 aliphatic heterocycles. The molecule has 0 unspecified atom stereocenters. The molecule has 1 aromatic carbocycles. The standard InChI is InChI=1S/C24H34N4O3/c1-18-14-19(2)16-27(15-18)12-5-10-25-22(29)8-11-26-23(30)17-28-13-9-20-6-3-4-7-21(20)24(28)31/h3-4,6-7,9,13,18-19H,5,8,10-12,14-17H2,1-2H3,(H,25,29)(H,26,30)/t18-,19+. The van der Waals surface area contributed by atoms with Crippen LogP contribution in [0.15, 0.2) is 41.3 Å². The number of hydrogen-bond acceptors (Lipinski definition) is 4. The molecule has 2 N–H and O–H groups in total. The molecule has 0 aliphatic carbocycles. The van der Waals surface area contributed by atoms with E-state index < -0.39 is 0 Å². The highest BCUT2D eigenvalue weighted by Crippen LogP contribution is 2.20. The van der Waals surface area contributed by atoms with E-state index in [1.165, 1.54) is 11.0 Å². The first-order valence-electron chi connectivity index (χ1n) is 11.3. The molecule has 1 aromatic heterocycles. The van der Waals surface area contributed by atoms with E-state index in [0.717, 1.165) is 43.3 Å². The Hall–Kier alpha value is -2.67. The van der Waals surface area contributed by atoms with Gasteiger partial charge in [0.15, 0.2) is 0 Å². The Balaban J connectivity index is 1.32. The van der Waals surface area contributed by atoms with Gasteiger partial charge in [0.05, 0.1) is 0 Å². The van der Waals surface area contributed by atoms with E-state index in [4.69, 9.17) is 0 Å². The maximum absolute atomic E-state index is 12.5. The first kappa shape index (κ1) is 23.0. The fourth-order valence-corrected chi connectivity index (χ4v) is 4.47. The number of nitrogens with one attached hydrogen (secondary N) is 2. The fourth-order valence-electron chi connectivity index (χ4n) is 4.47. The Kier molecular flexibility index (Phi) is 8.23. The highest BCUT2D eigenvalue weighted by atomic mass is 16.2. The van der Waals surface area contributed by atoms with Crippen molar-refractivity contribution in [3.05, 3.63) is 46.9 Å². The van der Waals surface area contributed by atoms with Gasteiger partial charge in [0.2, 0.25) is 11.8 Å². The van der Waals surface area contributed by atoms with Crippen molar-refractivity contribution in [2.45, 2.75) is 39.7 Å². The molecule has 2 heterocycles. The van der Waals surface area contributed by atoms with E-state index in [2.05, 4.69) is 29.4 Å². The van der Waals surface area contributed by atoms with E-state index >= 15 is 0 Å². The number of nitrogens with zero attached hydrogens (tertiary/aromatic N) is 2. The van der Waals surface area contributed by atoms with Crippen LogP contribution < -0.4 is 16.2 Å². The maximum atomic E-state index is 12.5. The molecule has 2 aromatic rings. The monoisotopic (exact) mass is 426 g/mol. The minimum atomic E-state index is -0.279. The van der Waals surface area contributed by atoms with Gasteiger partial charge in [0.25, 0.3) is 5.56 Å². The molecule has 1 fully saturated rings. The number of likely N-dealkylation sites (tertiary alicyclic amines) is 1. The summed E-state index contributed by atoms with van der Waals surface area (Å²) in [5.74, 6) is 1.14. The summed E-state index contributed by atoms with van der Waals surface area (Å²) in [5.41, 5.74) is -0.191. The minimum absolute atomic E-state index is 0.0576. The molecule has 1 saturated heterocycles. The third-order valence-electron chi connectivity index (χ3n) is 5.79. The Labute approximate surface area is 183 Å². The predicted molar refractivity (Wildman–Crippen MR) is 123 cm³/mol. The number of hydrogen-bond donors (Lipinski definition) is 2. The molecule has 0 saturated carbocycles. The van der Waals surface area contributed by atoms with Crippen molar-refractivity contribution in [2.24, 2.45) is 11.8 Å². The van der Waals surface area contributed by atoms with Gasteiger partial charge in [-0.1, -0.05) is 32.0 Å². The lowest BCUT2D eigenvalue weighted by molar-refractivity contribution is -0.122. The summed E-state index contributed by atoms with van der Waals surface area (Å²) in [6.45, 7) is 8.75. The average molecular weight is 427 g/mol. The van der Waals surface area contributed by atoms with Gasteiger partial charge in [-0.05, 0) is 48.7 Å². The second-order valence-electron chi connectivity index (χ2n) is 8.85. The first-order valence-corrected chi connectivity index (χ1v) is 11.3. The number of amides is 2. The molecule has 2 atom stereocenters. The highest BCUT2D eigenvalue weighted by Gasteiger charge is 2.21. The van der Waals surface area contributed by atoms with Crippen LogP contribution in [0, 0.1) is 11.8 Å². The summed E-state index contributed by atoms with van der Waals surface area (Å²) < 4.78 is 1.39. The van der Waals surface area contributed by atoms with Gasteiger partial charge >= 0.3 is 0 Å². The molecule has 2 amide bonds. The number of rotatable bonds is 9. The highest BCUT2D eigenvalue weighted by molar-refractivity contribution is 5.82. The van der Waals surface area contributed by atoms with Gasteiger partial charge in [-0.15, -0.1) is 0 Å². The van der Waals surface area contributed by atoms with Crippen LogP contribution in [-0.4, -0.2) is 54.0 Å². The first-order chi connectivity index (χ1) is 14.9. The number of piperidine rings is 1. The number of carbonyl (C=O) groups is 2. The Morgan fingerprint density at radius 1 is 1.00 bits per heavy atom. The van der Waals surface area contributed by atoms with Gasteiger partial charge < -0.3 is 20.1 Å². The van der Waals surface area contributed by atoms with Crippen LogP contribution in [0.2, 0.25) is 0 Å². The van der Waals surface area contributed by atoms with E-state index in [0.29, 0.717) is 11.9 Å². The minimum Gasteiger partial charge on any atom is -0.356 e. The normalized spacial score (nSPS) is 19.3.